The van der Waals surface area contributed by atoms with Gasteiger partial charge in [0.05, 0.1) is 5.69 Å². The molecular formula is C14H14F2N2O2. The first-order chi connectivity index (χ1) is 9.47. The Hall–Kier alpha value is -1.98. The van der Waals surface area contributed by atoms with Crippen molar-refractivity contribution in [3.63, 3.8) is 0 Å². The number of piperazine rings is 1. The smallest absolute Gasteiger partial charge is 0.250 e. The van der Waals surface area contributed by atoms with Crippen LogP contribution in [0, 0.1) is 17.6 Å². The van der Waals surface area contributed by atoms with E-state index in [0.717, 1.165) is 31.0 Å². The van der Waals surface area contributed by atoms with E-state index in [1.54, 1.807) is 6.92 Å². The van der Waals surface area contributed by atoms with Crippen molar-refractivity contribution in [2.24, 2.45) is 5.92 Å². The van der Waals surface area contributed by atoms with E-state index in [-0.39, 0.29) is 23.4 Å². The molecule has 1 saturated carbocycles. The third kappa shape index (κ3) is 2.15. The van der Waals surface area contributed by atoms with Gasteiger partial charge in [0, 0.05) is 6.07 Å². The van der Waals surface area contributed by atoms with Crippen LogP contribution in [0.2, 0.25) is 0 Å². The summed E-state index contributed by atoms with van der Waals surface area (Å²) in [5, 5.41) is 2.69. The number of halogens is 2. The zero-order valence-corrected chi connectivity index (χ0v) is 10.9. The summed E-state index contributed by atoms with van der Waals surface area (Å²) in [6, 6.07) is 1.52. The van der Waals surface area contributed by atoms with Crippen LogP contribution in [0.3, 0.4) is 0 Å². The van der Waals surface area contributed by atoms with Crippen molar-refractivity contribution >= 4 is 17.5 Å². The largest absolute Gasteiger partial charge is 0.342 e. The molecular weight excluding hydrogens is 266 g/mol. The Kier molecular flexibility index (Phi) is 2.96. The van der Waals surface area contributed by atoms with Crippen molar-refractivity contribution in [1.82, 2.24) is 5.32 Å². The molecule has 2 aliphatic rings. The fourth-order valence-corrected chi connectivity index (χ4v) is 2.57. The summed E-state index contributed by atoms with van der Waals surface area (Å²) in [5.74, 6) is -2.00. The van der Waals surface area contributed by atoms with Crippen LogP contribution in [0.1, 0.15) is 19.8 Å². The topological polar surface area (TPSA) is 49.4 Å². The summed E-state index contributed by atoms with van der Waals surface area (Å²) in [6.45, 7) is 1.54. The lowest BCUT2D eigenvalue weighted by atomic mass is 10.0. The standard InChI is InChI=1S/C14H14F2N2O2/c1-7-13(19)17-12(8-2-3-8)14(20)18(7)11-5-9(15)4-10(16)6-11/h4-8,12H,2-3H2,1H3,(H,17,19). The highest BCUT2D eigenvalue weighted by molar-refractivity contribution is 6.08. The summed E-state index contributed by atoms with van der Waals surface area (Å²) < 4.78 is 26.6. The summed E-state index contributed by atoms with van der Waals surface area (Å²) >= 11 is 0. The van der Waals surface area contributed by atoms with Crippen molar-refractivity contribution in [2.75, 3.05) is 4.90 Å². The Balaban J connectivity index is 1.99. The Labute approximate surface area is 114 Å². The molecule has 1 aromatic rings. The van der Waals surface area contributed by atoms with Gasteiger partial charge in [0.15, 0.2) is 0 Å². The molecule has 4 nitrogen and oxygen atoms in total. The van der Waals surface area contributed by atoms with E-state index < -0.39 is 23.7 Å². The third-order valence-corrected chi connectivity index (χ3v) is 3.79. The molecule has 1 aliphatic heterocycles. The zero-order valence-electron chi connectivity index (χ0n) is 10.9. The minimum Gasteiger partial charge on any atom is -0.342 e. The summed E-state index contributed by atoms with van der Waals surface area (Å²) in [4.78, 5) is 25.6. The normalized spacial score (nSPS) is 26.6. The third-order valence-electron chi connectivity index (χ3n) is 3.79. The fourth-order valence-electron chi connectivity index (χ4n) is 2.57. The molecule has 2 amide bonds. The summed E-state index contributed by atoms with van der Waals surface area (Å²) in [7, 11) is 0. The average Bonchev–Trinajstić information content (AvgIpc) is 3.17. The Morgan fingerprint density at radius 2 is 1.75 bits per heavy atom. The van der Waals surface area contributed by atoms with Crippen LogP contribution in [0.25, 0.3) is 0 Å². The number of nitrogens with zero attached hydrogens (tertiary/aromatic N) is 1. The molecule has 0 aromatic heterocycles. The van der Waals surface area contributed by atoms with E-state index in [1.807, 2.05) is 0 Å². The maximum Gasteiger partial charge on any atom is 0.250 e. The highest BCUT2D eigenvalue weighted by atomic mass is 19.1. The first kappa shape index (κ1) is 13.0. The minimum atomic E-state index is -0.779. The molecule has 1 aromatic carbocycles. The van der Waals surface area contributed by atoms with Gasteiger partial charge in [0.2, 0.25) is 5.91 Å². The number of carbonyl (C=O) groups is 2. The van der Waals surface area contributed by atoms with E-state index >= 15 is 0 Å². The predicted octanol–water partition coefficient (Wildman–Crippen LogP) is 1.59. The van der Waals surface area contributed by atoms with Crippen molar-refractivity contribution < 1.29 is 18.4 Å². The van der Waals surface area contributed by atoms with Crippen molar-refractivity contribution in [3.05, 3.63) is 29.8 Å². The van der Waals surface area contributed by atoms with Gasteiger partial charge in [-0.15, -0.1) is 0 Å². The van der Waals surface area contributed by atoms with Crippen LogP contribution in [0.15, 0.2) is 18.2 Å². The molecule has 0 spiro atoms. The Bertz CT molecular complexity index is 566. The highest BCUT2D eigenvalue weighted by Crippen LogP contribution is 2.36. The molecule has 0 radical (unpaired) electrons. The number of anilines is 1. The van der Waals surface area contributed by atoms with Crippen LogP contribution < -0.4 is 10.2 Å². The van der Waals surface area contributed by atoms with Gasteiger partial charge in [-0.05, 0) is 37.8 Å². The number of amides is 2. The van der Waals surface area contributed by atoms with Crippen LogP contribution in [0.4, 0.5) is 14.5 Å². The SMILES string of the molecule is CC1C(=O)NC(C2CC2)C(=O)N1c1cc(F)cc(F)c1. The number of hydrogen-bond donors (Lipinski definition) is 1. The molecule has 1 saturated heterocycles. The average molecular weight is 280 g/mol. The van der Waals surface area contributed by atoms with Crippen LogP contribution in [0.5, 0.6) is 0 Å². The van der Waals surface area contributed by atoms with Gasteiger partial charge in [-0.1, -0.05) is 0 Å². The second-order valence-corrected chi connectivity index (χ2v) is 5.34. The second-order valence-electron chi connectivity index (χ2n) is 5.34. The van der Waals surface area contributed by atoms with Gasteiger partial charge < -0.3 is 5.32 Å². The Morgan fingerprint density at radius 1 is 1.15 bits per heavy atom. The molecule has 6 heteroatoms. The van der Waals surface area contributed by atoms with Gasteiger partial charge in [-0.3, -0.25) is 14.5 Å². The molecule has 1 aliphatic carbocycles. The second kappa shape index (κ2) is 4.54. The molecule has 106 valence electrons. The fraction of sp³-hybridized carbons (Fsp3) is 0.429. The van der Waals surface area contributed by atoms with E-state index in [4.69, 9.17) is 0 Å². The molecule has 3 rings (SSSR count). The monoisotopic (exact) mass is 280 g/mol. The molecule has 0 bridgehead atoms. The van der Waals surface area contributed by atoms with Gasteiger partial charge in [0.1, 0.15) is 23.7 Å². The first-order valence-corrected chi connectivity index (χ1v) is 6.57. The van der Waals surface area contributed by atoms with E-state index in [0.29, 0.717) is 0 Å². The zero-order chi connectivity index (χ0) is 14.4. The first-order valence-electron chi connectivity index (χ1n) is 6.57. The van der Waals surface area contributed by atoms with E-state index in [9.17, 15) is 18.4 Å². The number of benzene rings is 1. The lowest BCUT2D eigenvalue weighted by Crippen LogP contribution is -2.63. The predicted molar refractivity (Wildman–Crippen MR) is 68.0 cm³/mol. The van der Waals surface area contributed by atoms with Crippen molar-refractivity contribution in [3.8, 4) is 0 Å². The van der Waals surface area contributed by atoms with Gasteiger partial charge in [-0.25, -0.2) is 8.78 Å². The molecule has 2 atom stereocenters. The van der Waals surface area contributed by atoms with Crippen LogP contribution >= 0.6 is 0 Å². The number of carbonyl (C=O) groups excluding carboxylic acids is 2. The van der Waals surface area contributed by atoms with Crippen LogP contribution in [-0.2, 0) is 9.59 Å². The maximum absolute atomic E-state index is 13.3. The number of rotatable bonds is 2. The molecule has 2 unspecified atom stereocenters. The van der Waals surface area contributed by atoms with Crippen molar-refractivity contribution in [2.45, 2.75) is 31.8 Å². The summed E-state index contributed by atoms with van der Waals surface area (Å²) in [6.07, 6.45) is 1.77. The van der Waals surface area contributed by atoms with Crippen LogP contribution in [-0.4, -0.2) is 23.9 Å². The summed E-state index contributed by atoms with van der Waals surface area (Å²) in [5.41, 5.74) is 0.0838. The van der Waals surface area contributed by atoms with Gasteiger partial charge >= 0.3 is 0 Å². The molecule has 2 fully saturated rings. The van der Waals surface area contributed by atoms with Crippen molar-refractivity contribution in [1.29, 1.82) is 0 Å². The quantitative estimate of drug-likeness (QED) is 0.894. The lowest BCUT2D eigenvalue weighted by Gasteiger charge is -2.37. The highest BCUT2D eigenvalue weighted by Gasteiger charge is 2.46. The number of nitrogens with one attached hydrogen (secondary N) is 1. The molecule has 20 heavy (non-hydrogen) atoms. The minimum absolute atomic E-state index is 0.0838. The lowest BCUT2D eigenvalue weighted by molar-refractivity contribution is -0.134. The molecule has 1 N–H and O–H groups in total. The van der Waals surface area contributed by atoms with Gasteiger partial charge in [0.25, 0.3) is 5.91 Å². The molecule has 1 heterocycles. The number of hydrogen-bond acceptors (Lipinski definition) is 2. The van der Waals surface area contributed by atoms with E-state index in [2.05, 4.69) is 5.32 Å². The van der Waals surface area contributed by atoms with Gasteiger partial charge in [-0.2, -0.15) is 0 Å². The maximum atomic E-state index is 13.3. The van der Waals surface area contributed by atoms with E-state index in [1.165, 1.54) is 4.90 Å². The Morgan fingerprint density at radius 3 is 2.30 bits per heavy atom.